The number of nitrogens with zero attached hydrogens (tertiary/aromatic N) is 3. The van der Waals surface area contributed by atoms with Crippen LogP contribution < -0.4 is 0 Å². The zero-order chi connectivity index (χ0) is 13.8. The monoisotopic (exact) mass is 265 g/mol. The van der Waals surface area contributed by atoms with Crippen molar-refractivity contribution in [1.82, 2.24) is 14.7 Å². The molecule has 0 aliphatic carbocycles. The Bertz CT molecular complexity index is 442. The van der Waals surface area contributed by atoms with Gasteiger partial charge in [0.05, 0.1) is 11.9 Å². The van der Waals surface area contributed by atoms with Gasteiger partial charge in [-0.25, -0.2) is 4.79 Å². The van der Waals surface area contributed by atoms with Crippen molar-refractivity contribution in [2.75, 3.05) is 6.54 Å². The van der Waals surface area contributed by atoms with Crippen molar-refractivity contribution in [2.24, 2.45) is 7.05 Å². The van der Waals surface area contributed by atoms with Crippen LogP contribution in [0.5, 0.6) is 0 Å². The molecule has 1 saturated heterocycles. The fourth-order valence-electron chi connectivity index (χ4n) is 2.93. The predicted molar refractivity (Wildman–Crippen MR) is 73.1 cm³/mol. The van der Waals surface area contributed by atoms with E-state index in [1.165, 1.54) is 31.9 Å². The minimum absolute atomic E-state index is 0.335. The maximum Gasteiger partial charge on any atom is 0.339 e. The molecular formula is C14H23N3O2. The van der Waals surface area contributed by atoms with Gasteiger partial charge in [0.15, 0.2) is 0 Å². The van der Waals surface area contributed by atoms with Crippen molar-refractivity contribution < 1.29 is 9.90 Å². The second kappa shape index (κ2) is 6.19. The third-order valence-electron chi connectivity index (χ3n) is 4.12. The van der Waals surface area contributed by atoms with Gasteiger partial charge >= 0.3 is 5.97 Å². The van der Waals surface area contributed by atoms with Gasteiger partial charge in [-0.2, -0.15) is 5.10 Å². The van der Waals surface area contributed by atoms with E-state index >= 15 is 0 Å². The van der Waals surface area contributed by atoms with E-state index in [0.717, 1.165) is 18.7 Å². The van der Waals surface area contributed by atoms with Crippen LogP contribution in [-0.2, 0) is 13.6 Å². The third kappa shape index (κ3) is 3.15. The van der Waals surface area contributed by atoms with Gasteiger partial charge in [-0.15, -0.1) is 0 Å². The molecule has 1 N–H and O–H groups in total. The summed E-state index contributed by atoms with van der Waals surface area (Å²) in [5.74, 6) is -0.883. The lowest BCUT2D eigenvalue weighted by atomic mass is 10.1. The molecule has 1 aliphatic heterocycles. The molecule has 1 aliphatic rings. The molecule has 1 aromatic heterocycles. The molecule has 1 unspecified atom stereocenters. The minimum atomic E-state index is -0.883. The van der Waals surface area contributed by atoms with Crippen LogP contribution in [-0.4, -0.2) is 38.3 Å². The van der Waals surface area contributed by atoms with Crippen LogP contribution in [0.2, 0.25) is 0 Å². The molecule has 2 heterocycles. The Balaban J connectivity index is 2.18. The SMILES string of the molecule is CCC1CCCCCN1Cc1c(C(=O)O)cnn1C. The predicted octanol–water partition coefficient (Wildman–Crippen LogP) is 2.27. The first-order valence-corrected chi connectivity index (χ1v) is 7.11. The number of rotatable bonds is 4. The highest BCUT2D eigenvalue weighted by Gasteiger charge is 2.23. The molecule has 1 atom stereocenters. The first-order valence-electron chi connectivity index (χ1n) is 7.11. The Kier molecular flexibility index (Phi) is 4.58. The molecule has 0 spiro atoms. The van der Waals surface area contributed by atoms with E-state index in [1.54, 1.807) is 4.68 Å². The minimum Gasteiger partial charge on any atom is -0.478 e. The Morgan fingerprint density at radius 1 is 1.47 bits per heavy atom. The Labute approximate surface area is 114 Å². The van der Waals surface area contributed by atoms with Gasteiger partial charge in [-0.3, -0.25) is 9.58 Å². The van der Waals surface area contributed by atoms with E-state index in [9.17, 15) is 9.90 Å². The molecular weight excluding hydrogens is 242 g/mol. The van der Waals surface area contributed by atoms with E-state index in [4.69, 9.17) is 0 Å². The van der Waals surface area contributed by atoms with Crippen LogP contribution in [0, 0.1) is 0 Å². The second-order valence-electron chi connectivity index (χ2n) is 5.32. The molecule has 19 heavy (non-hydrogen) atoms. The first kappa shape index (κ1) is 14.1. The average Bonchev–Trinajstić information content (AvgIpc) is 2.61. The summed E-state index contributed by atoms with van der Waals surface area (Å²) in [7, 11) is 1.82. The summed E-state index contributed by atoms with van der Waals surface area (Å²) >= 11 is 0. The van der Waals surface area contributed by atoms with E-state index in [0.29, 0.717) is 18.2 Å². The van der Waals surface area contributed by atoms with Gasteiger partial charge in [0.2, 0.25) is 0 Å². The van der Waals surface area contributed by atoms with E-state index in [1.807, 2.05) is 7.05 Å². The Morgan fingerprint density at radius 3 is 2.95 bits per heavy atom. The van der Waals surface area contributed by atoms with E-state index in [-0.39, 0.29) is 0 Å². The lowest BCUT2D eigenvalue weighted by Crippen LogP contribution is -2.35. The second-order valence-corrected chi connectivity index (χ2v) is 5.32. The highest BCUT2D eigenvalue weighted by molar-refractivity contribution is 5.88. The summed E-state index contributed by atoms with van der Waals surface area (Å²) < 4.78 is 1.70. The van der Waals surface area contributed by atoms with E-state index < -0.39 is 5.97 Å². The summed E-state index contributed by atoms with van der Waals surface area (Å²) in [4.78, 5) is 13.7. The summed E-state index contributed by atoms with van der Waals surface area (Å²) in [6.45, 7) is 3.96. The normalized spacial score (nSPS) is 21.3. The molecule has 0 amide bonds. The topological polar surface area (TPSA) is 58.4 Å². The number of hydrogen-bond donors (Lipinski definition) is 1. The van der Waals surface area contributed by atoms with Crippen molar-refractivity contribution in [2.45, 2.75) is 51.6 Å². The van der Waals surface area contributed by atoms with Gasteiger partial charge in [0.1, 0.15) is 5.56 Å². The van der Waals surface area contributed by atoms with Gasteiger partial charge in [-0.05, 0) is 25.8 Å². The molecule has 5 heteroatoms. The molecule has 0 saturated carbocycles. The van der Waals surface area contributed by atoms with Crippen LogP contribution in [0.3, 0.4) is 0 Å². The smallest absolute Gasteiger partial charge is 0.339 e. The quantitative estimate of drug-likeness (QED) is 0.907. The highest BCUT2D eigenvalue weighted by atomic mass is 16.4. The van der Waals surface area contributed by atoms with Crippen LogP contribution >= 0.6 is 0 Å². The molecule has 0 radical (unpaired) electrons. The maximum atomic E-state index is 11.2. The van der Waals surface area contributed by atoms with Gasteiger partial charge in [0.25, 0.3) is 0 Å². The van der Waals surface area contributed by atoms with Gasteiger partial charge < -0.3 is 5.11 Å². The van der Waals surface area contributed by atoms with Crippen molar-refractivity contribution >= 4 is 5.97 Å². The molecule has 5 nitrogen and oxygen atoms in total. The Hall–Kier alpha value is -1.36. The van der Waals surface area contributed by atoms with Crippen LogP contribution in [0.15, 0.2) is 6.20 Å². The molecule has 1 aromatic rings. The summed E-state index contributed by atoms with van der Waals surface area (Å²) in [6, 6.07) is 0.569. The number of hydrogen-bond acceptors (Lipinski definition) is 3. The molecule has 0 bridgehead atoms. The van der Waals surface area contributed by atoms with Crippen molar-refractivity contribution in [3.8, 4) is 0 Å². The number of aromatic carboxylic acids is 1. The van der Waals surface area contributed by atoms with Gasteiger partial charge in [0, 0.05) is 19.6 Å². The zero-order valence-corrected chi connectivity index (χ0v) is 11.8. The van der Waals surface area contributed by atoms with Crippen LogP contribution in [0.1, 0.15) is 55.1 Å². The summed E-state index contributed by atoms with van der Waals surface area (Å²) in [5.41, 5.74) is 1.15. The number of aryl methyl sites for hydroxylation is 1. The third-order valence-corrected chi connectivity index (χ3v) is 4.12. The molecule has 106 valence electrons. The first-order chi connectivity index (χ1) is 9.13. The highest BCUT2D eigenvalue weighted by Crippen LogP contribution is 2.22. The number of aromatic nitrogens is 2. The number of likely N-dealkylation sites (tertiary alicyclic amines) is 1. The van der Waals surface area contributed by atoms with E-state index in [2.05, 4.69) is 16.9 Å². The van der Waals surface area contributed by atoms with Crippen LogP contribution in [0.4, 0.5) is 0 Å². The summed E-state index contributed by atoms with van der Waals surface area (Å²) in [6.07, 6.45) is 7.57. The Morgan fingerprint density at radius 2 is 2.26 bits per heavy atom. The lowest BCUT2D eigenvalue weighted by molar-refractivity contribution is 0.0693. The average molecular weight is 265 g/mol. The molecule has 2 rings (SSSR count). The fourth-order valence-corrected chi connectivity index (χ4v) is 2.93. The zero-order valence-electron chi connectivity index (χ0n) is 11.8. The molecule has 0 aromatic carbocycles. The lowest BCUT2D eigenvalue weighted by Gasteiger charge is -2.29. The fraction of sp³-hybridized carbons (Fsp3) is 0.714. The number of carboxylic acids is 1. The summed E-state index contributed by atoms with van der Waals surface area (Å²) in [5, 5.41) is 13.3. The largest absolute Gasteiger partial charge is 0.478 e. The number of carboxylic acid groups (broad SMARTS) is 1. The van der Waals surface area contributed by atoms with Gasteiger partial charge in [-0.1, -0.05) is 19.8 Å². The van der Waals surface area contributed by atoms with Crippen molar-refractivity contribution in [1.29, 1.82) is 0 Å². The van der Waals surface area contributed by atoms with Crippen molar-refractivity contribution in [3.05, 3.63) is 17.5 Å². The molecule has 1 fully saturated rings. The maximum absolute atomic E-state index is 11.2. The standard InChI is InChI=1S/C14H23N3O2/c1-3-11-7-5-4-6-8-17(11)10-13-12(14(18)19)9-15-16(13)2/h9,11H,3-8,10H2,1-2H3,(H,18,19). The number of carbonyl (C=O) groups is 1. The van der Waals surface area contributed by atoms with Crippen molar-refractivity contribution in [3.63, 3.8) is 0 Å². The van der Waals surface area contributed by atoms with Crippen LogP contribution in [0.25, 0.3) is 0 Å².